The Hall–Kier alpha value is -0.600. The third kappa shape index (κ3) is 5.51. The lowest BCUT2D eigenvalue weighted by atomic mass is 10.0. The van der Waals surface area contributed by atoms with Crippen molar-refractivity contribution >= 4 is 21.5 Å². The summed E-state index contributed by atoms with van der Waals surface area (Å²) < 4.78 is 1.12. The van der Waals surface area contributed by atoms with Crippen LogP contribution >= 0.6 is 15.9 Å². The van der Waals surface area contributed by atoms with Crippen LogP contribution in [-0.4, -0.2) is 25.0 Å². The molecule has 2 heteroatoms. The highest BCUT2D eigenvalue weighted by Crippen LogP contribution is 2.19. The molecule has 0 heterocycles. The van der Waals surface area contributed by atoms with Crippen LogP contribution in [0.5, 0.6) is 0 Å². The molecule has 1 nitrogen and oxygen atoms in total. The van der Waals surface area contributed by atoms with Crippen LogP contribution in [0.4, 0.5) is 0 Å². The van der Waals surface area contributed by atoms with Gasteiger partial charge in [0.15, 0.2) is 0 Å². The van der Waals surface area contributed by atoms with Crippen molar-refractivity contribution in [2.45, 2.75) is 26.2 Å². The van der Waals surface area contributed by atoms with E-state index in [4.69, 9.17) is 0 Å². The molecule has 0 aromatic heterocycles. The highest BCUT2D eigenvalue weighted by Gasteiger charge is 2.02. The number of halogens is 1. The van der Waals surface area contributed by atoms with Crippen molar-refractivity contribution < 1.29 is 0 Å². The summed E-state index contributed by atoms with van der Waals surface area (Å²) in [6.07, 6.45) is 3.58. The van der Waals surface area contributed by atoms with Crippen LogP contribution in [0.25, 0.3) is 5.57 Å². The molecular weight excluding hydrogens is 274 g/mol. The standard InChI is InChI=1S/C15H22BrN/c1-4-5-11-17(3)12-10-13(2)14-6-8-15(16)9-7-14/h6-9H,2,4-5,10-12H2,1,3H3. The average Bonchev–Trinajstić information content (AvgIpc) is 2.34. The van der Waals surface area contributed by atoms with Gasteiger partial charge < -0.3 is 4.90 Å². The van der Waals surface area contributed by atoms with Gasteiger partial charge in [-0.05, 0) is 49.7 Å². The van der Waals surface area contributed by atoms with E-state index >= 15 is 0 Å². The normalized spacial score (nSPS) is 10.8. The molecule has 94 valence electrons. The van der Waals surface area contributed by atoms with Crippen LogP contribution < -0.4 is 0 Å². The fourth-order valence-corrected chi connectivity index (χ4v) is 1.96. The van der Waals surface area contributed by atoms with Crippen LogP contribution in [0.15, 0.2) is 35.3 Å². The minimum Gasteiger partial charge on any atom is -0.306 e. The Labute approximate surface area is 114 Å². The average molecular weight is 296 g/mol. The molecule has 0 aliphatic carbocycles. The van der Waals surface area contributed by atoms with Crippen molar-refractivity contribution in [1.82, 2.24) is 4.90 Å². The van der Waals surface area contributed by atoms with Gasteiger partial charge in [0.05, 0.1) is 0 Å². The molecule has 17 heavy (non-hydrogen) atoms. The Morgan fingerprint density at radius 3 is 2.47 bits per heavy atom. The third-order valence-electron chi connectivity index (χ3n) is 2.94. The van der Waals surface area contributed by atoms with Crippen molar-refractivity contribution in [3.8, 4) is 0 Å². The third-order valence-corrected chi connectivity index (χ3v) is 3.47. The molecule has 0 unspecified atom stereocenters. The summed E-state index contributed by atoms with van der Waals surface area (Å²) in [5.41, 5.74) is 2.47. The molecule has 1 aromatic rings. The van der Waals surface area contributed by atoms with Gasteiger partial charge in [-0.15, -0.1) is 0 Å². The van der Waals surface area contributed by atoms with E-state index in [-0.39, 0.29) is 0 Å². The molecule has 1 rings (SSSR count). The van der Waals surface area contributed by atoms with Crippen LogP contribution in [0.2, 0.25) is 0 Å². The fraction of sp³-hybridized carbons (Fsp3) is 0.467. The summed E-state index contributed by atoms with van der Waals surface area (Å²) >= 11 is 3.45. The molecular formula is C15H22BrN. The first kappa shape index (κ1) is 14.5. The summed E-state index contributed by atoms with van der Waals surface area (Å²) in [5, 5.41) is 0. The number of rotatable bonds is 7. The monoisotopic (exact) mass is 295 g/mol. The van der Waals surface area contributed by atoms with Gasteiger partial charge in [0.2, 0.25) is 0 Å². The Balaban J connectivity index is 2.36. The number of hydrogen-bond acceptors (Lipinski definition) is 1. The molecule has 0 bridgehead atoms. The van der Waals surface area contributed by atoms with Crippen molar-refractivity contribution in [2.24, 2.45) is 0 Å². The van der Waals surface area contributed by atoms with Crippen molar-refractivity contribution in [1.29, 1.82) is 0 Å². The topological polar surface area (TPSA) is 3.24 Å². The zero-order chi connectivity index (χ0) is 12.7. The summed E-state index contributed by atoms with van der Waals surface area (Å²) in [6.45, 7) is 8.67. The molecule has 0 N–H and O–H groups in total. The molecule has 0 amide bonds. The van der Waals surface area contributed by atoms with Gasteiger partial charge in [0.25, 0.3) is 0 Å². The molecule has 0 radical (unpaired) electrons. The van der Waals surface area contributed by atoms with Gasteiger partial charge in [-0.25, -0.2) is 0 Å². The first-order chi connectivity index (χ1) is 8.13. The number of hydrogen-bond donors (Lipinski definition) is 0. The Morgan fingerprint density at radius 1 is 1.24 bits per heavy atom. The predicted molar refractivity (Wildman–Crippen MR) is 80.2 cm³/mol. The summed E-state index contributed by atoms with van der Waals surface area (Å²) in [7, 11) is 2.19. The predicted octanol–water partition coefficient (Wildman–Crippen LogP) is 4.58. The maximum absolute atomic E-state index is 4.16. The van der Waals surface area contributed by atoms with Crippen LogP contribution in [0.3, 0.4) is 0 Å². The van der Waals surface area contributed by atoms with E-state index < -0.39 is 0 Å². The molecule has 0 aliphatic heterocycles. The zero-order valence-corrected chi connectivity index (χ0v) is 12.5. The van der Waals surface area contributed by atoms with E-state index in [1.165, 1.54) is 30.5 Å². The van der Waals surface area contributed by atoms with Crippen molar-refractivity contribution in [2.75, 3.05) is 20.1 Å². The van der Waals surface area contributed by atoms with Crippen molar-refractivity contribution in [3.63, 3.8) is 0 Å². The molecule has 0 saturated carbocycles. The van der Waals surface area contributed by atoms with E-state index in [9.17, 15) is 0 Å². The van der Waals surface area contributed by atoms with E-state index in [1.54, 1.807) is 0 Å². The molecule has 0 atom stereocenters. The number of nitrogens with zero attached hydrogens (tertiary/aromatic N) is 1. The molecule has 0 fully saturated rings. The highest BCUT2D eigenvalue weighted by atomic mass is 79.9. The van der Waals surface area contributed by atoms with Gasteiger partial charge in [-0.2, -0.15) is 0 Å². The second kappa shape index (κ2) is 7.67. The van der Waals surface area contributed by atoms with Gasteiger partial charge in [0, 0.05) is 11.0 Å². The van der Waals surface area contributed by atoms with Crippen LogP contribution in [-0.2, 0) is 0 Å². The summed E-state index contributed by atoms with van der Waals surface area (Å²) in [4.78, 5) is 2.38. The van der Waals surface area contributed by atoms with Gasteiger partial charge in [-0.1, -0.05) is 48.0 Å². The first-order valence-electron chi connectivity index (χ1n) is 6.25. The van der Waals surface area contributed by atoms with Crippen molar-refractivity contribution in [3.05, 3.63) is 40.9 Å². The van der Waals surface area contributed by atoms with Crippen LogP contribution in [0.1, 0.15) is 31.7 Å². The molecule has 0 spiro atoms. The molecule has 1 aromatic carbocycles. The quantitative estimate of drug-likeness (QED) is 0.711. The van der Waals surface area contributed by atoms with Crippen LogP contribution in [0, 0.1) is 0 Å². The maximum atomic E-state index is 4.16. The van der Waals surface area contributed by atoms with E-state index in [0.29, 0.717) is 0 Å². The molecule has 0 saturated heterocycles. The maximum Gasteiger partial charge on any atom is 0.0175 e. The summed E-state index contributed by atoms with van der Waals surface area (Å²) in [6, 6.07) is 8.39. The lowest BCUT2D eigenvalue weighted by Gasteiger charge is -2.16. The smallest absolute Gasteiger partial charge is 0.0175 e. The minimum absolute atomic E-state index is 1.04. The Kier molecular flexibility index (Phi) is 6.53. The van der Waals surface area contributed by atoms with E-state index in [2.05, 4.69) is 65.6 Å². The second-order valence-corrected chi connectivity index (χ2v) is 5.43. The zero-order valence-electron chi connectivity index (χ0n) is 10.9. The van der Waals surface area contributed by atoms with E-state index in [0.717, 1.165) is 17.4 Å². The Bertz CT molecular complexity index is 342. The minimum atomic E-state index is 1.04. The SMILES string of the molecule is C=C(CCN(C)CCCC)c1ccc(Br)cc1. The first-order valence-corrected chi connectivity index (χ1v) is 7.05. The number of benzene rings is 1. The Morgan fingerprint density at radius 2 is 1.88 bits per heavy atom. The lowest BCUT2D eigenvalue weighted by molar-refractivity contribution is 0.336. The largest absolute Gasteiger partial charge is 0.306 e. The highest BCUT2D eigenvalue weighted by molar-refractivity contribution is 9.10. The summed E-state index contributed by atoms with van der Waals surface area (Å²) in [5.74, 6) is 0. The lowest BCUT2D eigenvalue weighted by Crippen LogP contribution is -2.20. The molecule has 0 aliphatic rings. The fourth-order valence-electron chi connectivity index (χ4n) is 1.70. The number of unbranched alkanes of at least 4 members (excludes halogenated alkanes) is 1. The van der Waals surface area contributed by atoms with Gasteiger partial charge in [0.1, 0.15) is 0 Å². The van der Waals surface area contributed by atoms with Gasteiger partial charge in [-0.3, -0.25) is 0 Å². The van der Waals surface area contributed by atoms with Gasteiger partial charge >= 0.3 is 0 Å². The van der Waals surface area contributed by atoms with E-state index in [1.807, 2.05) is 0 Å². The second-order valence-electron chi connectivity index (χ2n) is 4.52.